The van der Waals surface area contributed by atoms with Crippen molar-refractivity contribution in [1.82, 2.24) is 4.57 Å². The Hall–Kier alpha value is -3.80. The van der Waals surface area contributed by atoms with Gasteiger partial charge in [0.25, 0.3) is 0 Å². The van der Waals surface area contributed by atoms with Crippen LogP contribution in [0.3, 0.4) is 0 Å². The van der Waals surface area contributed by atoms with Gasteiger partial charge in [-0.25, -0.2) is 4.79 Å². The first-order chi connectivity index (χ1) is 15.1. The molecule has 31 heavy (non-hydrogen) atoms. The number of hydrogen-bond donors (Lipinski definition) is 1. The van der Waals surface area contributed by atoms with Gasteiger partial charge in [0.15, 0.2) is 6.61 Å². The Morgan fingerprint density at radius 2 is 1.71 bits per heavy atom. The van der Waals surface area contributed by atoms with E-state index in [4.69, 9.17) is 14.7 Å². The van der Waals surface area contributed by atoms with Gasteiger partial charge in [0.2, 0.25) is 0 Å². The molecule has 0 aliphatic heterocycles. The minimum absolute atomic E-state index is 0.346. The topological polar surface area (TPSA) is 73.0 Å². The standard InChI is InChI=1S/C25H24N2O4/c1-18-16-19(10-11-24(18)30-17-25(28)29)12-13-26-31-15-14-27-22-8-4-2-6-20(22)21-7-3-5-9-23(21)27/h2-11,13,16H,12,14-15,17H2,1H3,(H,28,29). The molecule has 0 bridgehead atoms. The summed E-state index contributed by atoms with van der Waals surface area (Å²) >= 11 is 0. The normalized spacial score (nSPS) is 11.4. The minimum Gasteiger partial charge on any atom is -0.482 e. The second-order valence-electron chi connectivity index (χ2n) is 7.29. The molecule has 1 aromatic heterocycles. The fraction of sp³-hybridized carbons (Fsp3) is 0.200. The van der Waals surface area contributed by atoms with E-state index in [0.717, 1.165) is 11.1 Å². The minimum atomic E-state index is -0.992. The molecule has 0 amide bonds. The number of nitrogens with zero attached hydrogens (tertiary/aromatic N) is 2. The Balaban J connectivity index is 1.33. The van der Waals surface area contributed by atoms with Crippen molar-refractivity contribution in [2.45, 2.75) is 19.9 Å². The van der Waals surface area contributed by atoms with Crippen molar-refractivity contribution in [2.75, 3.05) is 13.2 Å². The van der Waals surface area contributed by atoms with Crippen molar-refractivity contribution in [3.63, 3.8) is 0 Å². The highest BCUT2D eigenvalue weighted by atomic mass is 16.6. The van der Waals surface area contributed by atoms with Crippen LogP contribution in [-0.2, 0) is 22.6 Å². The van der Waals surface area contributed by atoms with Gasteiger partial charge in [-0.2, -0.15) is 0 Å². The number of aliphatic carboxylic acids is 1. The van der Waals surface area contributed by atoms with Crippen LogP contribution in [0.2, 0.25) is 0 Å². The first-order valence-electron chi connectivity index (χ1n) is 10.2. The number of rotatable bonds is 9. The van der Waals surface area contributed by atoms with Gasteiger partial charge in [-0.15, -0.1) is 0 Å². The zero-order chi connectivity index (χ0) is 21.6. The largest absolute Gasteiger partial charge is 0.482 e. The van der Waals surface area contributed by atoms with Crippen LogP contribution < -0.4 is 4.74 Å². The van der Waals surface area contributed by atoms with E-state index in [2.05, 4.69) is 58.3 Å². The summed E-state index contributed by atoms with van der Waals surface area (Å²) in [5.74, 6) is -0.417. The molecular formula is C25H24N2O4. The van der Waals surface area contributed by atoms with E-state index in [1.165, 1.54) is 21.8 Å². The monoisotopic (exact) mass is 416 g/mol. The summed E-state index contributed by atoms with van der Waals surface area (Å²) in [6.45, 7) is 2.72. The van der Waals surface area contributed by atoms with Gasteiger partial charge in [0.05, 0.1) is 6.54 Å². The number of carboxylic acids is 1. The Morgan fingerprint density at radius 3 is 2.35 bits per heavy atom. The molecule has 0 unspecified atom stereocenters. The van der Waals surface area contributed by atoms with E-state index in [1.54, 1.807) is 12.3 Å². The molecule has 1 heterocycles. The third-order valence-electron chi connectivity index (χ3n) is 5.15. The highest BCUT2D eigenvalue weighted by Gasteiger charge is 2.09. The highest BCUT2D eigenvalue weighted by molar-refractivity contribution is 6.07. The molecule has 0 radical (unpaired) electrons. The van der Waals surface area contributed by atoms with E-state index in [9.17, 15) is 4.79 Å². The fourth-order valence-corrected chi connectivity index (χ4v) is 3.76. The third kappa shape index (κ3) is 4.69. The van der Waals surface area contributed by atoms with Gasteiger partial charge in [-0.05, 0) is 36.2 Å². The molecule has 0 saturated carbocycles. The number of fused-ring (bicyclic) bond motifs is 3. The maximum Gasteiger partial charge on any atom is 0.341 e. The van der Waals surface area contributed by atoms with Gasteiger partial charge in [0.1, 0.15) is 12.4 Å². The number of aryl methyl sites for hydroxylation is 1. The lowest BCUT2D eigenvalue weighted by Gasteiger charge is -2.08. The number of para-hydroxylation sites is 2. The molecule has 6 nitrogen and oxygen atoms in total. The quantitative estimate of drug-likeness (QED) is 0.241. The SMILES string of the molecule is Cc1cc(CC=NOCCn2c3ccccc3c3ccccc32)ccc1OCC(=O)O. The maximum atomic E-state index is 10.6. The predicted octanol–water partition coefficient (Wildman–Crippen LogP) is 4.81. The lowest BCUT2D eigenvalue weighted by molar-refractivity contribution is -0.139. The van der Waals surface area contributed by atoms with E-state index in [0.29, 0.717) is 25.3 Å². The Labute approximate surface area is 180 Å². The molecule has 4 aromatic rings. The summed E-state index contributed by atoms with van der Waals surface area (Å²) in [4.78, 5) is 16.1. The van der Waals surface area contributed by atoms with Crippen LogP contribution in [0.4, 0.5) is 0 Å². The molecule has 0 aliphatic carbocycles. The summed E-state index contributed by atoms with van der Waals surface area (Å²) < 4.78 is 7.51. The molecule has 0 spiro atoms. The highest BCUT2D eigenvalue weighted by Crippen LogP contribution is 2.28. The maximum absolute atomic E-state index is 10.6. The van der Waals surface area contributed by atoms with Gasteiger partial charge in [0, 0.05) is 34.4 Å². The van der Waals surface area contributed by atoms with Gasteiger partial charge < -0.3 is 19.2 Å². The Kier molecular flexibility index (Phi) is 6.17. The van der Waals surface area contributed by atoms with Crippen molar-refractivity contribution in [3.05, 3.63) is 77.9 Å². The molecule has 0 atom stereocenters. The molecule has 4 rings (SSSR count). The lowest BCUT2D eigenvalue weighted by atomic mass is 10.1. The average molecular weight is 416 g/mol. The fourth-order valence-electron chi connectivity index (χ4n) is 3.76. The van der Waals surface area contributed by atoms with Crippen LogP contribution in [0, 0.1) is 6.92 Å². The van der Waals surface area contributed by atoms with Crippen LogP contribution in [0.1, 0.15) is 11.1 Å². The zero-order valence-corrected chi connectivity index (χ0v) is 17.3. The first kappa shape index (κ1) is 20.5. The van der Waals surface area contributed by atoms with E-state index >= 15 is 0 Å². The van der Waals surface area contributed by atoms with E-state index in [-0.39, 0.29) is 6.61 Å². The summed E-state index contributed by atoms with van der Waals surface area (Å²) in [6, 6.07) is 22.4. The number of aromatic nitrogens is 1. The summed E-state index contributed by atoms with van der Waals surface area (Å²) in [7, 11) is 0. The molecule has 0 aliphatic rings. The molecule has 1 N–H and O–H groups in total. The molecule has 0 saturated heterocycles. The van der Waals surface area contributed by atoms with Gasteiger partial charge in [-0.3, -0.25) is 0 Å². The van der Waals surface area contributed by atoms with E-state index < -0.39 is 5.97 Å². The van der Waals surface area contributed by atoms with Crippen LogP contribution in [0.5, 0.6) is 5.75 Å². The average Bonchev–Trinajstić information content (AvgIpc) is 3.09. The van der Waals surface area contributed by atoms with Crippen molar-refractivity contribution in [1.29, 1.82) is 0 Å². The third-order valence-corrected chi connectivity index (χ3v) is 5.15. The number of benzene rings is 3. The Morgan fingerprint density at radius 1 is 1.03 bits per heavy atom. The van der Waals surface area contributed by atoms with Gasteiger partial charge >= 0.3 is 5.97 Å². The molecular weight excluding hydrogens is 392 g/mol. The number of carboxylic acid groups (broad SMARTS) is 1. The van der Waals surface area contributed by atoms with Crippen molar-refractivity contribution in [2.24, 2.45) is 5.16 Å². The molecule has 0 fully saturated rings. The van der Waals surface area contributed by atoms with Crippen molar-refractivity contribution < 1.29 is 19.5 Å². The number of hydrogen-bond acceptors (Lipinski definition) is 4. The van der Waals surface area contributed by atoms with Crippen molar-refractivity contribution >= 4 is 34.0 Å². The number of oxime groups is 1. The second kappa shape index (κ2) is 9.34. The first-order valence-corrected chi connectivity index (χ1v) is 10.2. The predicted molar refractivity (Wildman–Crippen MR) is 122 cm³/mol. The smallest absolute Gasteiger partial charge is 0.341 e. The van der Waals surface area contributed by atoms with E-state index in [1.807, 2.05) is 19.1 Å². The van der Waals surface area contributed by atoms with Crippen LogP contribution >= 0.6 is 0 Å². The number of ether oxygens (including phenoxy) is 1. The van der Waals surface area contributed by atoms with Crippen LogP contribution in [0.25, 0.3) is 21.8 Å². The summed E-state index contributed by atoms with van der Waals surface area (Å²) in [5, 5.41) is 15.3. The summed E-state index contributed by atoms with van der Waals surface area (Å²) in [5.41, 5.74) is 4.32. The molecule has 6 heteroatoms. The molecule has 158 valence electrons. The van der Waals surface area contributed by atoms with Crippen LogP contribution in [-0.4, -0.2) is 35.1 Å². The lowest BCUT2D eigenvalue weighted by Crippen LogP contribution is -2.10. The number of carbonyl (C=O) groups is 1. The van der Waals surface area contributed by atoms with Crippen LogP contribution in [0.15, 0.2) is 71.9 Å². The second-order valence-corrected chi connectivity index (χ2v) is 7.29. The summed E-state index contributed by atoms with van der Waals surface area (Å²) in [6.07, 6.45) is 2.36. The zero-order valence-electron chi connectivity index (χ0n) is 17.3. The van der Waals surface area contributed by atoms with Gasteiger partial charge in [-0.1, -0.05) is 53.7 Å². The van der Waals surface area contributed by atoms with Crippen molar-refractivity contribution in [3.8, 4) is 5.75 Å². The molecule has 3 aromatic carbocycles. The Bertz CT molecular complexity index is 1190.